The van der Waals surface area contributed by atoms with E-state index >= 15 is 0 Å². The number of hydrazone groups is 1. The molecular weight excluding hydrogens is 279 g/mol. The van der Waals surface area contributed by atoms with Crippen molar-refractivity contribution < 1.29 is 13.2 Å². The number of halogens is 3. The Morgan fingerprint density at radius 1 is 1.14 bits per heavy atom. The standard InChI is InChI=1S/C15H14F3N3/c1-10-3-4-12(11(2)7-10)8-20-21-14-6-5-13(9-19-14)15(16,17)18/h3-9H,1-2H3,(H,19,21). The lowest BCUT2D eigenvalue weighted by Gasteiger charge is -2.06. The van der Waals surface area contributed by atoms with Crippen LogP contribution in [0.1, 0.15) is 22.3 Å². The minimum atomic E-state index is -4.38. The van der Waals surface area contributed by atoms with Crippen molar-refractivity contribution in [3.63, 3.8) is 0 Å². The number of anilines is 1. The molecule has 0 aliphatic heterocycles. The lowest BCUT2D eigenvalue weighted by atomic mass is 10.1. The molecule has 0 atom stereocenters. The number of hydrogen-bond donors (Lipinski definition) is 1. The Balaban J connectivity index is 2.04. The summed E-state index contributed by atoms with van der Waals surface area (Å²) in [6.07, 6.45) is -2.00. The molecule has 6 heteroatoms. The quantitative estimate of drug-likeness (QED) is 0.681. The first kappa shape index (κ1) is 15.0. The van der Waals surface area contributed by atoms with Gasteiger partial charge in [-0.15, -0.1) is 0 Å². The predicted molar refractivity (Wildman–Crippen MR) is 76.4 cm³/mol. The number of rotatable bonds is 3. The molecule has 1 heterocycles. The van der Waals surface area contributed by atoms with Gasteiger partial charge >= 0.3 is 6.18 Å². The van der Waals surface area contributed by atoms with Gasteiger partial charge < -0.3 is 0 Å². The summed E-state index contributed by atoms with van der Waals surface area (Å²) in [4.78, 5) is 3.67. The maximum absolute atomic E-state index is 12.4. The Hall–Kier alpha value is -2.37. The van der Waals surface area contributed by atoms with E-state index in [1.807, 2.05) is 32.0 Å². The largest absolute Gasteiger partial charge is 0.417 e. The second-order valence-corrected chi connectivity index (χ2v) is 4.66. The smallest absolute Gasteiger partial charge is 0.261 e. The molecule has 0 unspecified atom stereocenters. The highest BCUT2D eigenvalue weighted by atomic mass is 19.4. The summed E-state index contributed by atoms with van der Waals surface area (Å²) in [6, 6.07) is 8.11. The van der Waals surface area contributed by atoms with E-state index in [9.17, 15) is 13.2 Å². The lowest BCUT2D eigenvalue weighted by Crippen LogP contribution is -2.05. The SMILES string of the molecule is Cc1ccc(C=NNc2ccc(C(F)(F)F)cn2)c(C)c1. The first-order valence-corrected chi connectivity index (χ1v) is 6.26. The number of aromatic nitrogens is 1. The van der Waals surface area contributed by atoms with E-state index in [1.165, 1.54) is 6.07 Å². The Morgan fingerprint density at radius 3 is 2.48 bits per heavy atom. The van der Waals surface area contributed by atoms with Crippen molar-refractivity contribution in [2.45, 2.75) is 20.0 Å². The summed E-state index contributed by atoms with van der Waals surface area (Å²) in [5.41, 5.74) is 4.97. The van der Waals surface area contributed by atoms with Crippen molar-refractivity contribution in [2.24, 2.45) is 5.10 Å². The van der Waals surface area contributed by atoms with E-state index in [-0.39, 0.29) is 5.82 Å². The van der Waals surface area contributed by atoms with Crippen LogP contribution >= 0.6 is 0 Å². The molecule has 1 aromatic carbocycles. The van der Waals surface area contributed by atoms with Gasteiger partial charge in [-0.3, -0.25) is 5.43 Å². The van der Waals surface area contributed by atoms with Gasteiger partial charge in [0.25, 0.3) is 0 Å². The number of pyridine rings is 1. The fourth-order valence-electron chi connectivity index (χ4n) is 1.77. The van der Waals surface area contributed by atoms with Gasteiger partial charge in [-0.1, -0.05) is 23.8 Å². The van der Waals surface area contributed by atoms with Crippen LogP contribution in [0.5, 0.6) is 0 Å². The number of alkyl halides is 3. The molecular formula is C15H14F3N3. The van der Waals surface area contributed by atoms with E-state index in [1.54, 1.807) is 6.21 Å². The van der Waals surface area contributed by atoms with Crippen molar-refractivity contribution >= 4 is 12.0 Å². The van der Waals surface area contributed by atoms with Crippen LogP contribution in [-0.2, 0) is 6.18 Å². The number of aryl methyl sites for hydroxylation is 2. The average Bonchev–Trinajstić information content (AvgIpc) is 2.41. The normalized spacial score (nSPS) is 11.9. The molecule has 0 spiro atoms. The maximum atomic E-state index is 12.4. The molecule has 1 N–H and O–H groups in total. The third kappa shape index (κ3) is 4.05. The van der Waals surface area contributed by atoms with Gasteiger partial charge in [-0.2, -0.15) is 18.3 Å². The van der Waals surface area contributed by atoms with Gasteiger partial charge in [0.15, 0.2) is 0 Å². The fraction of sp³-hybridized carbons (Fsp3) is 0.200. The molecule has 0 saturated heterocycles. The molecule has 3 nitrogen and oxygen atoms in total. The third-order valence-electron chi connectivity index (χ3n) is 2.90. The third-order valence-corrected chi connectivity index (χ3v) is 2.90. The average molecular weight is 293 g/mol. The molecule has 110 valence electrons. The maximum Gasteiger partial charge on any atom is 0.417 e. The van der Waals surface area contributed by atoms with Crippen molar-refractivity contribution in [1.82, 2.24) is 4.98 Å². The Kier molecular flexibility index (Phi) is 4.26. The molecule has 0 fully saturated rings. The van der Waals surface area contributed by atoms with Crippen molar-refractivity contribution in [3.05, 3.63) is 58.8 Å². The minimum absolute atomic E-state index is 0.254. The predicted octanol–water partition coefficient (Wildman–Crippen LogP) is 4.16. The molecule has 0 aliphatic rings. The van der Waals surface area contributed by atoms with E-state index in [0.717, 1.165) is 29.0 Å². The van der Waals surface area contributed by atoms with Gasteiger partial charge in [0, 0.05) is 6.20 Å². The summed E-state index contributed by atoms with van der Waals surface area (Å²) < 4.78 is 37.1. The van der Waals surface area contributed by atoms with Gasteiger partial charge in [0.05, 0.1) is 11.8 Å². The summed E-state index contributed by atoms with van der Waals surface area (Å²) in [7, 11) is 0. The first-order valence-electron chi connectivity index (χ1n) is 6.26. The molecule has 2 aromatic rings. The lowest BCUT2D eigenvalue weighted by molar-refractivity contribution is -0.137. The van der Waals surface area contributed by atoms with Gasteiger partial charge in [0.1, 0.15) is 5.82 Å². The van der Waals surface area contributed by atoms with E-state index < -0.39 is 11.7 Å². The van der Waals surface area contributed by atoms with Gasteiger partial charge in [-0.25, -0.2) is 4.98 Å². The second-order valence-electron chi connectivity index (χ2n) is 4.66. The van der Waals surface area contributed by atoms with Gasteiger partial charge in [-0.05, 0) is 37.1 Å². The Labute approximate surface area is 120 Å². The highest BCUT2D eigenvalue weighted by Gasteiger charge is 2.30. The Morgan fingerprint density at radius 2 is 1.90 bits per heavy atom. The summed E-state index contributed by atoms with van der Waals surface area (Å²) >= 11 is 0. The molecule has 0 radical (unpaired) electrons. The summed E-state index contributed by atoms with van der Waals surface area (Å²) in [5.74, 6) is 0.254. The van der Waals surface area contributed by atoms with Crippen molar-refractivity contribution in [2.75, 3.05) is 5.43 Å². The minimum Gasteiger partial charge on any atom is -0.261 e. The fourth-order valence-corrected chi connectivity index (χ4v) is 1.77. The number of benzene rings is 1. The zero-order valence-electron chi connectivity index (χ0n) is 11.6. The van der Waals surface area contributed by atoms with Crippen LogP contribution in [0, 0.1) is 13.8 Å². The van der Waals surface area contributed by atoms with Gasteiger partial charge in [0.2, 0.25) is 0 Å². The van der Waals surface area contributed by atoms with Crippen LogP contribution in [-0.4, -0.2) is 11.2 Å². The number of hydrogen-bond acceptors (Lipinski definition) is 3. The molecule has 0 aliphatic carbocycles. The van der Waals surface area contributed by atoms with Crippen molar-refractivity contribution in [3.8, 4) is 0 Å². The Bertz CT molecular complexity index is 646. The van der Waals surface area contributed by atoms with Crippen LogP contribution in [0.4, 0.5) is 19.0 Å². The molecule has 0 saturated carbocycles. The summed E-state index contributed by atoms with van der Waals surface area (Å²) in [6.45, 7) is 3.96. The molecule has 0 bridgehead atoms. The van der Waals surface area contributed by atoms with Crippen LogP contribution < -0.4 is 5.43 Å². The molecule has 21 heavy (non-hydrogen) atoms. The molecule has 2 rings (SSSR count). The van der Waals surface area contributed by atoms with Crippen LogP contribution in [0.15, 0.2) is 41.6 Å². The highest BCUT2D eigenvalue weighted by molar-refractivity contribution is 5.82. The van der Waals surface area contributed by atoms with E-state index in [4.69, 9.17) is 0 Å². The number of nitrogens with zero attached hydrogens (tertiary/aromatic N) is 2. The zero-order chi connectivity index (χ0) is 15.5. The highest BCUT2D eigenvalue weighted by Crippen LogP contribution is 2.28. The zero-order valence-corrected chi connectivity index (χ0v) is 11.6. The van der Waals surface area contributed by atoms with Crippen LogP contribution in [0.25, 0.3) is 0 Å². The number of nitrogens with one attached hydrogen (secondary N) is 1. The van der Waals surface area contributed by atoms with Crippen molar-refractivity contribution in [1.29, 1.82) is 0 Å². The van der Waals surface area contributed by atoms with E-state index in [0.29, 0.717) is 0 Å². The second kappa shape index (κ2) is 5.95. The van der Waals surface area contributed by atoms with Crippen LogP contribution in [0.3, 0.4) is 0 Å². The topological polar surface area (TPSA) is 37.3 Å². The molecule has 1 aromatic heterocycles. The molecule has 0 amide bonds. The van der Waals surface area contributed by atoms with Crippen LogP contribution in [0.2, 0.25) is 0 Å². The van der Waals surface area contributed by atoms with E-state index in [2.05, 4.69) is 15.5 Å². The monoisotopic (exact) mass is 293 g/mol. The first-order chi connectivity index (χ1) is 9.86. The summed E-state index contributed by atoms with van der Waals surface area (Å²) in [5, 5.41) is 3.98.